The first-order valence-electron chi connectivity index (χ1n) is 13.6. The lowest BCUT2D eigenvalue weighted by Gasteiger charge is -2.28. The van der Waals surface area contributed by atoms with Gasteiger partial charge in [-0.25, -0.2) is 4.31 Å². The van der Waals surface area contributed by atoms with E-state index in [-0.39, 0.29) is 17.1 Å². The van der Waals surface area contributed by atoms with Gasteiger partial charge in [-0.3, -0.25) is 10.8 Å². The number of ether oxygens (including phenoxy) is 2. The van der Waals surface area contributed by atoms with E-state index in [4.69, 9.17) is 15.2 Å². The zero-order valence-corrected chi connectivity index (χ0v) is 26.1. The Morgan fingerprint density at radius 1 is 0.750 bits per heavy atom. The molecule has 4 rings (SSSR count). The van der Waals surface area contributed by atoms with Gasteiger partial charge in [0.2, 0.25) is 0 Å². The van der Waals surface area contributed by atoms with Gasteiger partial charge in [0.05, 0.1) is 24.3 Å². The molecule has 3 aromatic rings. The van der Waals surface area contributed by atoms with Crippen molar-refractivity contribution in [3.8, 4) is 11.5 Å². The molecule has 40 heavy (non-hydrogen) atoms. The third-order valence-electron chi connectivity index (χ3n) is 6.22. The third-order valence-corrected chi connectivity index (χ3v) is 8.46. The van der Waals surface area contributed by atoms with Crippen LogP contribution < -0.4 is 15.2 Å². The number of rotatable bonds is 10. The number of nitrogens with two attached hydrogens (primary N) is 1. The molecule has 212 valence electrons. The third kappa shape index (κ3) is 6.44. The number of nitrogens with zero attached hydrogens (tertiary/aromatic N) is 1. The van der Waals surface area contributed by atoms with E-state index in [9.17, 15) is 10.8 Å². The second-order valence-corrected chi connectivity index (χ2v) is 13.9. The Morgan fingerprint density at radius 3 is 1.75 bits per heavy atom. The van der Waals surface area contributed by atoms with E-state index < -0.39 is 0 Å². The normalized spacial score (nSPS) is 13.4. The summed E-state index contributed by atoms with van der Waals surface area (Å²) >= 11 is 3.05. The Balaban J connectivity index is 1.74. The van der Waals surface area contributed by atoms with Crippen LogP contribution in [0, 0.1) is 22.7 Å². The summed E-state index contributed by atoms with van der Waals surface area (Å²) in [6.07, 6.45) is 0. The molecule has 0 bridgehead atoms. The highest BCUT2D eigenvalue weighted by atomic mass is 32.2. The number of anilines is 1. The first-order chi connectivity index (χ1) is 18.9. The highest BCUT2D eigenvalue weighted by Crippen LogP contribution is 2.47. The topological polar surface area (TPSA) is 95.4 Å². The van der Waals surface area contributed by atoms with Crippen LogP contribution in [0.3, 0.4) is 0 Å². The van der Waals surface area contributed by atoms with Crippen molar-refractivity contribution in [2.24, 2.45) is 11.8 Å². The minimum absolute atomic E-state index is 0.191. The van der Waals surface area contributed by atoms with Gasteiger partial charge in [0, 0.05) is 20.4 Å². The van der Waals surface area contributed by atoms with Crippen LogP contribution in [0.25, 0.3) is 0 Å². The van der Waals surface area contributed by atoms with Crippen molar-refractivity contribution < 1.29 is 9.47 Å². The SMILES string of the molecule is CC(C)COc1ccc(OCC(C)C)c2c1C(=N)N(Sc1cccc(Sc3ccccc3N)c1C(C)(C)C)C2=N. The average molecular weight is 577 g/mol. The molecule has 0 spiro atoms. The molecular weight excluding hydrogens is 537 g/mol. The van der Waals surface area contributed by atoms with Crippen molar-refractivity contribution in [1.29, 1.82) is 10.8 Å². The van der Waals surface area contributed by atoms with Gasteiger partial charge < -0.3 is 15.2 Å². The number of benzene rings is 3. The Morgan fingerprint density at radius 2 is 1.25 bits per heavy atom. The maximum Gasteiger partial charge on any atom is 0.149 e. The molecule has 6 nitrogen and oxygen atoms in total. The van der Waals surface area contributed by atoms with Crippen LogP contribution in [0.1, 0.15) is 65.2 Å². The Labute approximate surface area is 247 Å². The first kappa shape index (κ1) is 29.9. The van der Waals surface area contributed by atoms with Crippen LogP contribution >= 0.6 is 23.7 Å². The molecule has 0 saturated carbocycles. The zero-order chi connectivity index (χ0) is 29.2. The summed E-state index contributed by atoms with van der Waals surface area (Å²) in [6, 6.07) is 17.8. The summed E-state index contributed by atoms with van der Waals surface area (Å²) in [5.74, 6) is 2.34. The fraction of sp³-hybridized carbons (Fsp3) is 0.375. The number of nitrogen functional groups attached to an aromatic ring is 1. The summed E-state index contributed by atoms with van der Waals surface area (Å²) in [7, 11) is 0. The van der Waals surface area contributed by atoms with Gasteiger partial charge in [-0.15, -0.1) is 0 Å². The Bertz CT molecular complexity index is 1360. The molecule has 0 unspecified atom stereocenters. The smallest absolute Gasteiger partial charge is 0.149 e. The maximum absolute atomic E-state index is 9.20. The number of hydrogen-bond acceptors (Lipinski definition) is 7. The van der Waals surface area contributed by atoms with Crippen molar-refractivity contribution in [3.05, 3.63) is 71.3 Å². The van der Waals surface area contributed by atoms with Gasteiger partial charge in [-0.2, -0.15) is 0 Å². The number of para-hydroxylation sites is 1. The lowest BCUT2D eigenvalue weighted by Crippen LogP contribution is -2.24. The number of hydrogen-bond donors (Lipinski definition) is 3. The highest BCUT2D eigenvalue weighted by Gasteiger charge is 2.38. The van der Waals surface area contributed by atoms with Gasteiger partial charge in [0.25, 0.3) is 0 Å². The molecule has 0 fully saturated rings. The largest absolute Gasteiger partial charge is 0.493 e. The molecule has 0 atom stereocenters. The van der Waals surface area contributed by atoms with E-state index in [1.807, 2.05) is 42.5 Å². The summed E-state index contributed by atoms with van der Waals surface area (Å²) in [6.45, 7) is 16.0. The van der Waals surface area contributed by atoms with Crippen LogP contribution in [0.4, 0.5) is 5.69 Å². The second-order valence-electron chi connectivity index (χ2n) is 11.8. The molecule has 1 aliphatic heterocycles. The van der Waals surface area contributed by atoms with Gasteiger partial charge in [-0.05, 0) is 71.2 Å². The van der Waals surface area contributed by atoms with Crippen LogP contribution in [0.2, 0.25) is 0 Å². The summed E-state index contributed by atoms with van der Waals surface area (Å²) in [5.41, 5.74) is 9.21. The fourth-order valence-corrected chi connectivity index (χ4v) is 6.90. The molecule has 8 heteroatoms. The monoisotopic (exact) mass is 576 g/mol. The van der Waals surface area contributed by atoms with E-state index in [0.29, 0.717) is 47.7 Å². The van der Waals surface area contributed by atoms with Gasteiger partial charge in [0.1, 0.15) is 23.2 Å². The second kappa shape index (κ2) is 12.2. The standard InChI is InChI=1S/C32H40N4O2S2/c1-19(2)17-37-22-15-16-23(38-18-20(3)4)28-27(22)30(34)36(31(28)35)40-26-14-10-13-25(29(26)32(5,6)7)39-24-12-9-8-11-21(24)33/h8-16,19-20,34-35H,17-18,33H2,1-7H3. The number of fused-ring (bicyclic) bond motifs is 1. The molecule has 1 aliphatic rings. The first-order valence-corrected chi connectivity index (χ1v) is 15.2. The average Bonchev–Trinajstić information content (AvgIpc) is 3.13. The van der Waals surface area contributed by atoms with E-state index in [2.05, 4.69) is 60.6 Å². The van der Waals surface area contributed by atoms with Crippen molar-refractivity contribution in [3.63, 3.8) is 0 Å². The summed E-state index contributed by atoms with van der Waals surface area (Å²) in [4.78, 5) is 3.10. The number of amidine groups is 2. The predicted molar refractivity (Wildman–Crippen MR) is 169 cm³/mol. The molecular formula is C32H40N4O2S2. The molecule has 1 heterocycles. The minimum Gasteiger partial charge on any atom is -0.493 e. The van der Waals surface area contributed by atoms with E-state index in [1.165, 1.54) is 11.9 Å². The van der Waals surface area contributed by atoms with Crippen molar-refractivity contribution in [2.75, 3.05) is 18.9 Å². The van der Waals surface area contributed by atoms with Crippen molar-refractivity contribution in [1.82, 2.24) is 4.31 Å². The Kier molecular flexibility index (Phi) is 9.10. The molecule has 0 aliphatic carbocycles. The van der Waals surface area contributed by atoms with Crippen LogP contribution in [-0.2, 0) is 5.41 Å². The van der Waals surface area contributed by atoms with E-state index in [1.54, 1.807) is 16.1 Å². The molecule has 0 saturated heterocycles. The van der Waals surface area contributed by atoms with Gasteiger partial charge in [0.15, 0.2) is 0 Å². The summed E-state index contributed by atoms with van der Waals surface area (Å²) < 4.78 is 14.0. The van der Waals surface area contributed by atoms with Crippen molar-refractivity contribution >= 4 is 41.1 Å². The molecule has 0 radical (unpaired) electrons. The molecule has 0 amide bonds. The molecule has 0 aromatic heterocycles. The lowest BCUT2D eigenvalue weighted by atomic mass is 9.87. The van der Waals surface area contributed by atoms with Crippen LogP contribution in [-0.4, -0.2) is 29.2 Å². The fourth-order valence-electron chi connectivity index (χ4n) is 4.40. The van der Waals surface area contributed by atoms with Gasteiger partial charge >= 0.3 is 0 Å². The summed E-state index contributed by atoms with van der Waals surface area (Å²) in [5, 5.41) is 18.4. The maximum atomic E-state index is 9.20. The zero-order valence-electron chi connectivity index (χ0n) is 24.4. The molecule has 3 aromatic carbocycles. The Hall–Kier alpha value is -3.10. The minimum atomic E-state index is -0.191. The predicted octanol–water partition coefficient (Wildman–Crippen LogP) is 8.46. The number of nitrogens with one attached hydrogen (secondary N) is 2. The highest BCUT2D eigenvalue weighted by molar-refractivity contribution is 8.00. The van der Waals surface area contributed by atoms with Crippen molar-refractivity contribution in [2.45, 2.75) is 68.6 Å². The van der Waals surface area contributed by atoms with Crippen LogP contribution in [0.15, 0.2) is 69.3 Å². The van der Waals surface area contributed by atoms with E-state index in [0.717, 1.165) is 25.9 Å². The lowest BCUT2D eigenvalue weighted by molar-refractivity contribution is 0.263. The molecule has 4 N–H and O–H groups in total. The van der Waals surface area contributed by atoms with Crippen LogP contribution in [0.5, 0.6) is 11.5 Å². The van der Waals surface area contributed by atoms with Gasteiger partial charge in [-0.1, -0.05) is 78.4 Å². The quantitative estimate of drug-likeness (QED) is 0.166. The van der Waals surface area contributed by atoms with E-state index >= 15 is 0 Å².